The summed E-state index contributed by atoms with van der Waals surface area (Å²) in [7, 11) is 1.60. The molecule has 0 aliphatic heterocycles. The van der Waals surface area contributed by atoms with Gasteiger partial charge in [0.25, 0.3) is 0 Å². The molecule has 0 radical (unpaired) electrons. The third kappa shape index (κ3) is 4.68. The molecule has 0 fully saturated rings. The molecule has 100 valence electrons. The normalized spacial score (nSPS) is 12.1. The van der Waals surface area contributed by atoms with Gasteiger partial charge in [0.2, 0.25) is 5.91 Å². The molecule has 0 bridgehead atoms. The first-order valence-electron chi connectivity index (χ1n) is 5.83. The number of carbonyl (C=O) groups is 1. The van der Waals surface area contributed by atoms with Gasteiger partial charge in [0.15, 0.2) is 0 Å². The second-order valence-corrected chi connectivity index (χ2v) is 3.90. The maximum Gasteiger partial charge on any atom is 0.236 e. The summed E-state index contributed by atoms with van der Waals surface area (Å²) >= 11 is 0. The van der Waals surface area contributed by atoms with Crippen LogP contribution in [-0.4, -0.2) is 42.0 Å². The van der Waals surface area contributed by atoms with Crippen LogP contribution in [0, 0.1) is 0 Å². The Labute approximate surface area is 107 Å². The number of rotatable bonds is 8. The maximum atomic E-state index is 11.6. The van der Waals surface area contributed by atoms with E-state index in [2.05, 4.69) is 22.3 Å². The maximum absolute atomic E-state index is 11.6. The fourth-order valence-electron chi connectivity index (χ4n) is 1.36. The zero-order chi connectivity index (χ0) is 13.4. The first kappa shape index (κ1) is 14.4. The van der Waals surface area contributed by atoms with Gasteiger partial charge < -0.3 is 15.4 Å². The molecule has 18 heavy (non-hydrogen) atoms. The fourth-order valence-corrected chi connectivity index (χ4v) is 1.36. The summed E-state index contributed by atoms with van der Waals surface area (Å²) in [5.74, 6) is -0.0387. The average molecular weight is 252 g/mol. The molecule has 1 amide bonds. The molecule has 1 rings (SSSR count). The fraction of sp³-hybridized carbons (Fsp3) is 0.500. The molecule has 0 spiro atoms. The monoisotopic (exact) mass is 252 g/mol. The van der Waals surface area contributed by atoms with Gasteiger partial charge in [-0.25, -0.2) is 4.68 Å². The third-order valence-corrected chi connectivity index (χ3v) is 2.45. The van der Waals surface area contributed by atoms with E-state index in [1.165, 1.54) is 0 Å². The molecule has 1 aromatic heterocycles. The molecule has 6 heteroatoms. The largest absolute Gasteiger partial charge is 0.383 e. The first-order valence-corrected chi connectivity index (χ1v) is 5.83. The van der Waals surface area contributed by atoms with Crippen molar-refractivity contribution in [1.29, 1.82) is 0 Å². The van der Waals surface area contributed by atoms with Gasteiger partial charge in [0.05, 0.1) is 18.8 Å². The minimum Gasteiger partial charge on any atom is -0.383 e. The van der Waals surface area contributed by atoms with Crippen molar-refractivity contribution in [3.05, 3.63) is 24.5 Å². The highest BCUT2D eigenvalue weighted by Crippen LogP contribution is 1.98. The van der Waals surface area contributed by atoms with Crippen LogP contribution in [0.2, 0.25) is 0 Å². The minimum absolute atomic E-state index is 0.0387. The van der Waals surface area contributed by atoms with E-state index in [9.17, 15) is 4.79 Å². The van der Waals surface area contributed by atoms with E-state index in [1.54, 1.807) is 24.2 Å². The van der Waals surface area contributed by atoms with Crippen molar-refractivity contribution >= 4 is 12.1 Å². The van der Waals surface area contributed by atoms with Crippen LogP contribution >= 0.6 is 0 Å². The third-order valence-electron chi connectivity index (χ3n) is 2.45. The number of aromatic nitrogens is 2. The second-order valence-electron chi connectivity index (χ2n) is 3.90. The topological polar surface area (TPSA) is 68.2 Å². The number of nitrogens with zero attached hydrogens (tertiary/aromatic N) is 2. The molecule has 6 nitrogen and oxygen atoms in total. The molecule has 0 aliphatic rings. The first-order chi connectivity index (χ1) is 8.67. The lowest BCUT2D eigenvalue weighted by atomic mass is 10.3. The zero-order valence-corrected chi connectivity index (χ0v) is 10.8. The van der Waals surface area contributed by atoms with Crippen molar-refractivity contribution in [3.8, 4) is 0 Å². The number of amides is 1. The van der Waals surface area contributed by atoms with Crippen LogP contribution in [0.1, 0.15) is 12.5 Å². The lowest BCUT2D eigenvalue weighted by molar-refractivity contribution is -0.122. The van der Waals surface area contributed by atoms with Crippen LogP contribution in [0.15, 0.2) is 19.0 Å². The Balaban J connectivity index is 2.29. The number of carbonyl (C=O) groups excluding carboxylic acids is 1. The molecule has 2 N–H and O–H groups in total. The Morgan fingerprint density at radius 1 is 1.72 bits per heavy atom. The van der Waals surface area contributed by atoms with E-state index < -0.39 is 0 Å². The van der Waals surface area contributed by atoms with Crippen LogP contribution in [-0.2, 0) is 16.1 Å². The Hall–Kier alpha value is -1.66. The van der Waals surface area contributed by atoms with Gasteiger partial charge >= 0.3 is 0 Å². The van der Waals surface area contributed by atoms with Gasteiger partial charge in [-0.15, -0.1) is 0 Å². The van der Waals surface area contributed by atoms with Crippen molar-refractivity contribution in [2.45, 2.75) is 19.5 Å². The van der Waals surface area contributed by atoms with Crippen LogP contribution in [0.3, 0.4) is 0 Å². The van der Waals surface area contributed by atoms with E-state index >= 15 is 0 Å². The average Bonchev–Trinajstić information content (AvgIpc) is 2.84. The Kier molecular flexibility index (Phi) is 6.10. The summed E-state index contributed by atoms with van der Waals surface area (Å²) in [5, 5.41) is 9.95. The highest BCUT2D eigenvalue weighted by Gasteiger charge is 2.11. The molecule has 0 saturated heterocycles. The van der Waals surface area contributed by atoms with Crippen LogP contribution in [0.5, 0.6) is 0 Å². The van der Waals surface area contributed by atoms with Gasteiger partial charge in [-0.05, 0) is 6.92 Å². The van der Waals surface area contributed by atoms with Crippen molar-refractivity contribution in [2.24, 2.45) is 0 Å². The van der Waals surface area contributed by atoms with Crippen LogP contribution < -0.4 is 10.6 Å². The number of ether oxygens (including phenoxy) is 1. The van der Waals surface area contributed by atoms with Gasteiger partial charge in [0.1, 0.15) is 0 Å². The molecular formula is C12H20N4O2. The summed E-state index contributed by atoms with van der Waals surface area (Å²) < 4.78 is 6.49. The number of hydrogen-bond donors (Lipinski definition) is 2. The summed E-state index contributed by atoms with van der Waals surface area (Å²) in [5.41, 5.74) is 1.01. The van der Waals surface area contributed by atoms with Gasteiger partial charge in [-0.3, -0.25) is 4.79 Å². The van der Waals surface area contributed by atoms with Crippen molar-refractivity contribution in [2.75, 3.05) is 20.3 Å². The number of nitrogens with one attached hydrogen (secondary N) is 2. The lowest BCUT2D eigenvalue weighted by Gasteiger charge is -2.13. The zero-order valence-electron chi connectivity index (χ0n) is 10.8. The molecule has 0 aliphatic carbocycles. The van der Waals surface area contributed by atoms with E-state index in [1.807, 2.05) is 13.1 Å². The van der Waals surface area contributed by atoms with Crippen molar-refractivity contribution in [3.63, 3.8) is 0 Å². The minimum atomic E-state index is -0.256. The number of hydrogen-bond acceptors (Lipinski definition) is 4. The second kappa shape index (κ2) is 7.62. The number of methoxy groups -OCH3 is 1. The molecule has 0 saturated carbocycles. The van der Waals surface area contributed by atoms with E-state index in [0.717, 1.165) is 5.56 Å². The smallest absolute Gasteiger partial charge is 0.236 e. The van der Waals surface area contributed by atoms with Crippen molar-refractivity contribution in [1.82, 2.24) is 20.4 Å². The van der Waals surface area contributed by atoms with E-state index in [4.69, 9.17) is 4.74 Å². The highest BCUT2D eigenvalue weighted by molar-refractivity contribution is 5.81. The molecule has 0 aromatic carbocycles. The Morgan fingerprint density at radius 2 is 2.50 bits per heavy atom. The van der Waals surface area contributed by atoms with Crippen LogP contribution in [0.4, 0.5) is 0 Å². The summed E-state index contributed by atoms with van der Waals surface area (Å²) in [6, 6.07) is -0.256. The Morgan fingerprint density at radius 3 is 3.11 bits per heavy atom. The highest BCUT2D eigenvalue weighted by atomic mass is 16.5. The standard InChI is InChI=1S/C12H20N4O2/c1-4-16-9-11(8-15-16)7-14-10(2)12(17)13-5-6-18-3/h4,8-10,14H,1,5-7H2,2-3H3,(H,13,17). The van der Waals surface area contributed by atoms with E-state index in [0.29, 0.717) is 19.7 Å². The summed E-state index contributed by atoms with van der Waals surface area (Å²) in [4.78, 5) is 11.6. The quantitative estimate of drug-likeness (QED) is 0.650. The lowest BCUT2D eigenvalue weighted by Crippen LogP contribution is -2.42. The molecular weight excluding hydrogens is 232 g/mol. The van der Waals surface area contributed by atoms with Crippen molar-refractivity contribution < 1.29 is 9.53 Å². The van der Waals surface area contributed by atoms with E-state index in [-0.39, 0.29) is 11.9 Å². The molecule has 1 atom stereocenters. The van der Waals surface area contributed by atoms with Gasteiger partial charge in [-0.2, -0.15) is 5.10 Å². The predicted octanol–water partition coefficient (Wildman–Crippen LogP) is 0.224. The molecule has 1 aromatic rings. The SMILES string of the molecule is C=Cn1cc(CNC(C)C(=O)NCCOC)cn1. The molecule has 1 heterocycles. The van der Waals surface area contributed by atoms with Crippen LogP contribution in [0.25, 0.3) is 6.20 Å². The summed E-state index contributed by atoms with van der Waals surface area (Å²) in [6.45, 7) is 7.07. The molecule has 1 unspecified atom stereocenters. The Bertz CT molecular complexity index is 389. The van der Waals surface area contributed by atoms with Gasteiger partial charge in [-0.1, -0.05) is 6.58 Å². The summed E-state index contributed by atoms with van der Waals surface area (Å²) in [6.07, 6.45) is 5.21. The van der Waals surface area contributed by atoms with Gasteiger partial charge in [0, 0.05) is 38.2 Å². The predicted molar refractivity (Wildman–Crippen MR) is 69.8 cm³/mol.